The van der Waals surface area contributed by atoms with E-state index in [0.29, 0.717) is 5.56 Å². The zero-order valence-corrected chi connectivity index (χ0v) is 23.5. The highest BCUT2D eigenvalue weighted by Crippen LogP contribution is 2.43. The van der Waals surface area contributed by atoms with E-state index in [1.807, 2.05) is 0 Å². The Morgan fingerprint density at radius 2 is 1.49 bits per heavy atom. The summed E-state index contributed by atoms with van der Waals surface area (Å²) in [4.78, 5) is 27.6. The second-order valence-corrected chi connectivity index (χ2v) is 11.2. The van der Waals surface area contributed by atoms with Crippen molar-refractivity contribution in [2.45, 2.75) is 50.6 Å². The van der Waals surface area contributed by atoms with Crippen molar-refractivity contribution in [3.8, 4) is 6.07 Å². The number of rotatable bonds is 8. The molecule has 11 heteroatoms. The lowest BCUT2D eigenvalue weighted by molar-refractivity contribution is -0.139. The molecule has 1 unspecified atom stereocenters. The lowest BCUT2D eigenvalue weighted by Crippen LogP contribution is -2.42. The zero-order valence-electron chi connectivity index (χ0n) is 22.7. The van der Waals surface area contributed by atoms with Crippen LogP contribution in [0.4, 0.5) is 5.69 Å². The fourth-order valence-corrected chi connectivity index (χ4v) is 6.66. The maximum absolute atomic E-state index is 13.4. The van der Waals surface area contributed by atoms with Crippen molar-refractivity contribution in [1.29, 1.82) is 5.26 Å². The van der Waals surface area contributed by atoms with Gasteiger partial charge in [0.1, 0.15) is 11.5 Å². The van der Waals surface area contributed by atoms with Gasteiger partial charge < -0.3 is 15.2 Å². The second kappa shape index (κ2) is 11.7. The first-order chi connectivity index (χ1) is 18.4. The van der Waals surface area contributed by atoms with Gasteiger partial charge in [0.2, 0.25) is 10.0 Å². The van der Waals surface area contributed by atoms with Crippen LogP contribution in [-0.2, 0) is 29.1 Å². The Balaban J connectivity index is 2.28. The van der Waals surface area contributed by atoms with E-state index in [9.17, 15) is 23.3 Å². The Morgan fingerprint density at radius 1 is 0.949 bits per heavy atom. The fraction of sp³-hybridized carbons (Fsp3) is 0.321. The molecule has 0 saturated heterocycles. The molecule has 2 aromatic carbocycles. The van der Waals surface area contributed by atoms with Gasteiger partial charge in [-0.3, -0.25) is 4.90 Å². The third-order valence-electron chi connectivity index (χ3n) is 6.30. The van der Waals surface area contributed by atoms with Crippen molar-refractivity contribution in [3.63, 3.8) is 0 Å². The number of anilines is 1. The predicted molar refractivity (Wildman–Crippen MR) is 145 cm³/mol. The Labute approximate surface area is 229 Å². The average Bonchev–Trinajstić information content (AvgIpc) is 2.91. The first kappa shape index (κ1) is 29.4. The molecule has 10 nitrogen and oxygen atoms in total. The molecule has 1 aliphatic rings. The van der Waals surface area contributed by atoms with Gasteiger partial charge in [0.05, 0.1) is 42.2 Å². The third-order valence-corrected chi connectivity index (χ3v) is 8.56. The summed E-state index contributed by atoms with van der Waals surface area (Å²) < 4.78 is 38.1. The van der Waals surface area contributed by atoms with E-state index in [2.05, 4.69) is 6.07 Å². The molecule has 1 heterocycles. The molecule has 2 N–H and O–H groups in total. The van der Waals surface area contributed by atoms with Crippen molar-refractivity contribution in [2.24, 2.45) is 5.73 Å². The largest absolute Gasteiger partial charge is 0.466 e. The number of nitrogens with zero attached hydrogens (tertiary/aromatic N) is 3. The van der Waals surface area contributed by atoms with Gasteiger partial charge in [-0.15, -0.1) is 0 Å². The molecule has 206 valence electrons. The van der Waals surface area contributed by atoms with Crippen molar-refractivity contribution in [2.75, 3.05) is 19.1 Å². The number of ether oxygens (including phenoxy) is 2. The highest BCUT2D eigenvalue weighted by molar-refractivity contribution is 7.89. The fourth-order valence-electron chi connectivity index (χ4n) is 4.82. The normalized spacial score (nSPS) is 16.1. The molecular weight excluding hydrogens is 520 g/mol. The number of nitrogens with two attached hydrogens (primary N) is 1. The summed E-state index contributed by atoms with van der Waals surface area (Å²) in [5.74, 6) is -2.85. The zero-order chi connectivity index (χ0) is 29.1. The van der Waals surface area contributed by atoms with Crippen LogP contribution in [-0.4, -0.2) is 51.0 Å². The van der Waals surface area contributed by atoms with Gasteiger partial charge in [0.15, 0.2) is 0 Å². The van der Waals surface area contributed by atoms with Gasteiger partial charge in [-0.05, 0) is 57.5 Å². The number of esters is 2. The Kier molecular flexibility index (Phi) is 8.84. The highest BCUT2D eigenvalue weighted by Gasteiger charge is 2.43. The van der Waals surface area contributed by atoms with Crippen LogP contribution in [0.3, 0.4) is 0 Å². The highest BCUT2D eigenvalue weighted by atomic mass is 32.2. The average molecular weight is 553 g/mol. The van der Waals surface area contributed by atoms with Gasteiger partial charge in [-0.2, -0.15) is 9.57 Å². The molecule has 3 rings (SSSR count). The van der Waals surface area contributed by atoms with Gasteiger partial charge in [-0.25, -0.2) is 18.0 Å². The molecule has 0 aromatic heterocycles. The van der Waals surface area contributed by atoms with Gasteiger partial charge in [0.25, 0.3) is 0 Å². The number of hydrogen-bond acceptors (Lipinski definition) is 9. The minimum absolute atomic E-state index is 0.0109. The number of sulfonamides is 1. The van der Waals surface area contributed by atoms with Crippen molar-refractivity contribution < 1.29 is 27.5 Å². The van der Waals surface area contributed by atoms with E-state index in [4.69, 9.17) is 15.2 Å². The minimum Gasteiger partial charge on any atom is -0.466 e. The van der Waals surface area contributed by atoms with Crippen LogP contribution < -0.4 is 10.6 Å². The van der Waals surface area contributed by atoms with Gasteiger partial charge in [-0.1, -0.05) is 30.3 Å². The van der Waals surface area contributed by atoms with Crippen molar-refractivity contribution >= 4 is 27.6 Å². The molecule has 0 fully saturated rings. The van der Waals surface area contributed by atoms with Crippen LogP contribution in [0.25, 0.3) is 0 Å². The predicted octanol–water partition coefficient (Wildman–Crippen LogP) is 3.39. The summed E-state index contributed by atoms with van der Waals surface area (Å²) in [5.41, 5.74) is 6.92. The number of nitriles is 1. The Morgan fingerprint density at radius 3 is 1.95 bits per heavy atom. The first-order valence-electron chi connectivity index (χ1n) is 12.2. The minimum atomic E-state index is -3.84. The van der Waals surface area contributed by atoms with Crippen LogP contribution >= 0.6 is 0 Å². The van der Waals surface area contributed by atoms with E-state index < -0.39 is 27.9 Å². The summed E-state index contributed by atoms with van der Waals surface area (Å²) in [6.07, 6.45) is 0. The summed E-state index contributed by atoms with van der Waals surface area (Å²) in [5, 5.41) is 10.1. The van der Waals surface area contributed by atoms with Crippen LogP contribution in [0.5, 0.6) is 0 Å². The van der Waals surface area contributed by atoms with Crippen molar-refractivity contribution in [1.82, 2.24) is 4.31 Å². The molecule has 0 saturated carbocycles. The lowest BCUT2D eigenvalue weighted by Gasteiger charge is -2.36. The van der Waals surface area contributed by atoms with E-state index in [1.54, 1.807) is 58.0 Å². The number of benzene rings is 2. The van der Waals surface area contributed by atoms with E-state index >= 15 is 0 Å². The smallest absolute Gasteiger partial charge is 0.355 e. The number of methoxy groups -OCH3 is 2. The van der Waals surface area contributed by atoms with Gasteiger partial charge in [0, 0.05) is 17.8 Å². The first-order valence-corrected chi connectivity index (χ1v) is 13.7. The second-order valence-electron chi connectivity index (χ2n) is 9.35. The van der Waals surface area contributed by atoms with Crippen molar-refractivity contribution in [3.05, 3.63) is 82.8 Å². The van der Waals surface area contributed by atoms with E-state index in [-0.39, 0.29) is 45.3 Å². The molecule has 0 amide bonds. The number of carbonyl (C=O) groups is 2. The van der Waals surface area contributed by atoms with Crippen LogP contribution in [0.1, 0.15) is 39.2 Å². The molecule has 1 aliphatic heterocycles. The molecular formula is C28H32N4O6S. The summed E-state index contributed by atoms with van der Waals surface area (Å²) in [6, 6.07) is 15.9. The van der Waals surface area contributed by atoms with E-state index in [0.717, 1.165) is 7.11 Å². The molecule has 0 aliphatic carbocycles. The van der Waals surface area contributed by atoms with Crippen LogP contribution in [0.15, 0.2) is 82.2 Å². The topological polar surface area (TPSA) is 143 Å². The maximum Gasteiger partial charge on any atom is 0.355 e. The maximum atomic E-state index is 13.4. The summed E-state index contributed by atoms with van der Waals surface area (Å²) in [6.45, 7) is 7.16. The number of hydrogen-bond donors (Lipinski definition) is 1. The molecule has 39 heavy (non-hydrogen) atoms. The van der Waals surface area contributed by atoms with Gasteiger partial charge >= 0.3 is 11.9 Å². The monoisotopic (exact) mass is 552 g/mol. The van der Waals surface area contributed by atoms with Crippen LogP contribution in [0.2, 0.25) is 0 Å². The molecule has 0 bridgehead atoms. The quantitative estimate of drug-likeness (QED) is 0.487. The number of carbonyl (C=O) groups excluding carboxylic acids is 2. The SMILES string of the molecule is COC(=O)C1=C(C(=O)OC)N(c2ccc(S(=O)(=O)N(C(C)C)C(C)C)cc2)C(N)=C(C#N)C1c1ccccc1. The standard InChI is InChI=1S/C28H32N4O6S/c1-17(2)32(18(3)4)39(35,36)21-14-12-20(13-15-21)31-25(28(34)38-6)24(27(33)37-5)23(22(16-29)26(31)30)19-10-8-7-9-11-19/h7-15,17-18,23H,30H2,1-6H3. The molecule has 1 atom stereocenters. The van der Waals surface area contributed by atoms with E-state index in [1.165, 1.54) is 40.6 Å². The summed E-state index contributed by atoms with van der Waals surface area (Å²) >= 11 is 0. The Hall–Kier alpha value is -4.14. The molecule has 2 aromatic rings. The molecule has 0 spiro atoms. The Bertz CT molecular complexity index is 1450. The molecule has 0 radical (unpaired) electrons. The lowest BCUT2D eigenvalue weighted by atomic mass is 9.81. The summed E-state index contributed by atoms with van der Waals surface area (Å²) in [7, 11) is -1.52. The number of allylic oxidation sites excluding steroid dienone is 1. The third kappa shape index (κ3) is 5.39. The van der Waals surface area contributed by atoms with Crippen LogP contribution in [0, 0.1) is 11.3 Å².